The molecule has 124 valence electrons. The highest BCUT2D eigenvalue weighted by molar-refractivity contribution is 6.13. The number of ketones is 1. The van der Waals surface area contributed by atoms with Crippen molar-refractivity contribution >= 4 is 11.5 Å². The van der Waals surface area contributed by atoms with Crippen molar-refractivity contribution in [2.24, 2.45) is 0 Å². The fourth-order valence-corrected chi connectivity index (χ4v) is 3.51. The molecular formula is C22H19NO2. The van der Waals surface area contributed by atoms with E-state index >= 15 is 0 Å². The average molecular weight is 329 g/mol. The minimum absolute atomic E-state index is 0.116. The predicted octanol–water partition coefficient (Wildman–Crippen LogP) is 4.44. The number of benzene rings is 3. The highest BCUT2D eigenvalue weighted by Crippen LogP contribution is 2.41. The van der Waals surface area contributed by atoms with Gasteiger partial charge < -0.3 is 10.1 Å². The van der Waals surface area contributed by atoms with Crippen LogP contribution in [0.5, 0.6) is 5.75 Å². The Labute approximate surface area is 147 Å². The Morgan fingerprint density at radius 2 is 1.56 bits per heavy atom. The third-order valence-corrected chi connectivity index (χ3v) is 4.80. The second-order valence-electron chi connectivity index (χ2n) is 6.30. The van der Waals surface area contributed by atoms with E-state index in [1.807, 2.05) is 78.9 Å². The van der Waals surface area contributed by atoms with Crippen molar-refractivity contribution in [1.82, 2.24) is 0 Å². The number of anilines is 1. The lowest BCUT2D eigenvalue weighted by atomic mass is 9.80. The first kappa shape index (κ1) is 15.5. The van der Waals surface area contributed by atoms with Gasteiger partial charge in [0, 0.05) is 17.7 Å². The Morgan fingerprint density at radius 1 is 0.880 bits per heavy atom. The van der Waals surface area contributed by atoms with E-state index in [1.165, 1.54) is 0 Å². The molecule has 1 heterocycles. The Bertz CT molecular complexity index is 903. The van der Waals surface area contributed by atoms with E-state index in [0.29, 0.717) is 6.42 Å². The Hall–Kier alpha value is -3.07. The van der Waals surface area contributed by atoms with Crippen LogP contribution in [0, 0.1) is 0 Å². The number of hydrogen-bond donors (Lipinski definition) is 1. The van der Waals surface area contributed by atoms with Gasteiger partial charge in [0.2, 0.25) is 0 Å². The van der Waals surface area contributed by atoms with Crippen molar-refractivity contribution in [1.29, 1.82) is 0 Å². The van der Waals surface area contributed by atoms with Crippen molar-refractivity contribution in [3.63, 3.8) is 0 Å². The maximum Gasteiger partial charge on any atom is 0.195 e. The molecule has 0 saturated heterocycles. The van der Waals surface area contributed by atoms with Crippen LogP contribution in [0.2, 0.25) is 0 Å². The number of hydrogen-bond acceptors (Lipinski definition) is 3. The van der Waals surface area contributed by atoms with Gasteiger partial charge in [0.15, 0.2) is 5.78 Å². The van der Waals surface area contributed by atoms with Crippen molar-refractivity contribution in [2.75, 3.05) is 12.4 Å². The number of para-hydroxylation sites is 1. The molecule has 25 heavy (non-hydrogen) atoms. The molecule has 1 atom stereocenters. The van der Waals surface area contributed by atoms with Gasteiger partial charge in [-0.05, 0) is 35.4 Å². The van der Waals surface area contributed by atoms with E-state index in [4.69, 9.17) is 4.74 Å². The van der Waals surface area contributed by atoms with Crippen molar-refractivity contribution in [3.8, 4) is 5.75 Å². The fraction of sp³-hybridized carbons (Fsp3) is 0.136. The van der Waals surface area contributed by atoms with Crippen LogP contribution in [0.25, 0.3) is 0 Å². The summed E-state index contributed by atoms with van der Waals surface area (Å²) in [5.41, 5.74) is 2.93. The van der Waals surface area contributed by atoms with E-state index in [2.05, 4.69) is 5.32 Å². The molecule has 3 aromatic rings. The SMILES string of the molecule is COc1ccc(CC2(c3ccccc3)Nc3ccccc3C2=O)cc1. The van der Waals surface area contributed by atoms with Crippen molar-refractivity contribution < 1.29 is 9.53 Å². The number of carbonyl (C=O) groups is 1. The highest BCUT2D eigenvalue weighted by Gasteiger charge is 2.46. The zero-order valence-electron chi connectivity index (χ0n) is 14.0. The predicted molar refractivity (Wildman–Crippen MR) is 99.2 cm³/mol. The molecule has 0 saturated carbocycles. The van der Waals surface area contributed by atoms with Gasteiger partial charge in [0.1, 0.15) is 11.3 Å². The topological polar surface area (TPSA) is 38.3 Å². The maximum atomic E-state index is 13.4. The Morgan fingerprint density at radius 3 is 2.24 bits per heavy atom. The molecule has 3 nitrogen and oxygen atoms in total. The number of methoxy groups -OCH3 is 1. The van der Waals surface area contributed by atoms with Gasteiger partial charge in [0.25, 0.3) is 0 Å². The summed E-state index contributed by atoms with van der Waals surface area (Å²) in [6.45, 7) is 0. The highest BCUT2D eigenvalue weighted by atomic mass is 16.5. The molecule has 0 amide bonds. The summed E-state index contributed by atoms with van der Waals surface area (Å²) >= 11 is 0. The molecular weight excluding hydrogens is 310 g/mol. The van der Waals surface area contributed by atoms with Crippen LogP contribution >= 0.6 is 0 Å². The largest absolute Gasteiger partial charge is 0.497 e. The molecule has 3 heteroatoms. The minimum Gasteiger partial charge on any atom is -0.497 e. The molecule has 3 aromatic carbocycles. The van der Waals surface area contributed by atoms with Crippen LogP contribution < -0.4 is 10.1 Å². The van der Waals surface area contributed by atoms with Crippen LogP contribution in [0.3, 0.4) is 0 Å². The monoisotopic (exact) mass is 329 g/mol. The van der Waals surface area contributed by atoms with E-state index in [1.54, 1.807) is 7.11 Å². The molecule has 0 aromatic heterocycles. The molecule has 0 bridgehead atoms. The second-order valence-corrected chi connectivity index (χ2v) is 6.30. The van der Waals surface area contributed by atoms with Crippen molar-refractivity contribution in [2.45, 2.75) is 12.0 Å². The number of Topliss-reactive ketones (excluding diaryl/α,β-unsaturated/α-hetero) is 1. The van der Waals surface area contributed by atoms with Gasteiger partial charge in [-0.3, -0.25) is 4.79 Å². The zero-order valence-corrected chi connectivity index (χ0v) is 14.0. The zero-order chi connectivity index (χ0) is 17.3. The van der Waals surface area contributed by atoms with Gasteiger partial charge in [-0.15, -0.1) is 0 Å². The van der Waals surface area contributed by atoms with Crippen LogP contribution in [0.15, 0.2) is 78.9 Å². The van der Waals surface area contributed by atoms with Gasteiger partial charge in [-0.25, -0.2) is 0 Å². The summed E-state index contributed by atoms with van der Waals surface area (Å²) in [7, 11) is 1.65. The number of fused-ring (bicyclic) bond motifs is 1. The quantitative estimate of drug-likeness (QED) is 0.769. The standard InChI is InChI=1S/C22H19NO2/c1-25-18-13-11-16(12-14-18)15-22(17-7-3-2-4-8-17)21(24)19-9-5-6-10-20(19)23-22/h2-14,23H,15H2,1H3. The van der Waals surface area contributed by atoms with Crippen molar-refractivity contribution in [3.05, 3.63) is 95.6 Å². The third-order valence-electron chi connectivity index (χ3n) is 4.80. The average Bonchev–Trinajstić information content (AvgIpc) is 2.96. The summed E-state index contributed by atoms with van der Waals surface area (Å²) < 4.78 is 5.24. The summed E-state index contributed by atoms with van der Waals surface area (Å²) in [6, 6.07) is 25.6. The second kappa shape index (κ2) is 6.10. The van der Waals surface area contributed by atoms with E-state index in [-0.39, 0.29) is 5.78 Å². The first-order valence-corrected chi connectivity index (χ1v) is 8.33. The molecule has 1 N–H and O–H groups in total. The van der Waals surface area contributed by atoms with Gasteiger partial charge >= 0.3 is 0 Å². The Kier molecular flexibility index (Phi) is 3.77. The number of ether oxygens (including phenoxy) is 1. The fourth-order valence-electron chi connectivity index (χ4n) is 3.51. The summed E-state index contributed by atoms with van der Waals surface area (Å²) in [5.74, 6) is 0.927. The normalized spacial score (nSPS) is 18.5. The lowest BCUT2D eigenvalue weighted by Crippen LogP contribution is -2.40. The molecule has 1 unspecified atom stereocenters. The molecule has 1 aliphatic heterocycles. The third kappa shape index (κ3) is 2.58. The maximum absolute atomic E-state index is 13.4. The molecule has 1 aliphatic rings. The number of nitrogens with one attached hydrogen (secondary N) is 1. The van der Waals surface area contributed by atoms with E-state index in [0.717, 1.165) is 28.1 Å². The van der Waals surface area contributed by atoms with E-state index < -0.39 is 5.54 Å². The summed E-state index contributed by atoms with van der Waals surface area (Å²) in [6.07, 6.45) is 0.578. The van der Waals surface area contributed by atoms with Gasteiger partial charge in [-0.1, -0.05) is 54.6 Å². The number of carbonyl (C=O) groups excluding carboxylic acids is 1. The molecule has 4 rings (SSSR count). The lowest BCUT2D eigenvalue weighted by molar-refractivity contribution is 0.0916. The minimum atomic E-state index is -0.778. The van der Waals surface area contributed by atoms with E-state index in [9.17, 15) is 4.79 Å². The summed E-state index contributed by atoms with van der Waals surface area (Å²) in [5, 5.41) is 3.51. The first-order valence-electron chi connectivity index (χ1n) is 8.33. The van der Waals surface area contributed by atoms with Gasteiger partial charge in [0.05, 0.1) is 7.11 Å². The van der Waals surface area contributed by atoms with Crippen LogP contribution in [-0.4, -0.2) is 12.9 Å². The van der Waals surface area contributed by atoms with Gasteiger partial charge in [-0.2, -0.15) is 0 Å². The molecule has 0 radical (unpaired) electrons. The first-order chi connectivity index (χ1) is 12.2. The Balaban J connectivity index is 1.79. The molecule has 0 spiro atoms. The smallest absolute Gasteiger partial charge is 0.195 e. The molecule has 0 fully saturated rings. The number of rotatable bonds is 4. The lowest BCUT2D eigenvalue weighted by Gasteiger charge is -2.29. The van der Waals surface area contributed by atoms with Crippen LogP contribution in [0.4, 0.5) is 5.69 Å². The van der Waals surface area contributed by atoms with Crippen LogP contribution in [-0.2, 0) is 12.0 Å². The molecule has 0 aliphatic carbocycles. The van der Waals surface area contributed by atoms with Crippen LogP contribution in [0.1, 0.15) is 21.5 Å². The summed E-state index contributed by atoms with van der Waals surface area (Å²) in [4.78, 5) is 13.4.